The van der Waals surface area contributed by atoms with Crippen molar-refractivity contribution in [3.63, 3.8) is 0 Å². The molecular weight excluding hydrogens is 1020 g/mol. The smallest absolute Gasteiger partial charge is 0.481 e. The maximum Gasteiger partial charge on any atom is 1.00 e. The molecule has 390 valence electrons. The van der Waals surface area contributed by atoms with Crippen molar-refractivity contribution in [3.8, 4) is 29.0 Å². The predicted molar refractivity (Wildman–Crippen MR) is 287 cm³/mol. The van der Waals surface area contributed by atoms with Crippen molar-refractivity contribution in [2.45, 2.75) is 109 Å². The molecule has 0 aromatic carbocycles. The van der Waals surface area contributed by atoms with Crippen LogP contribution in [0.3, 0.4) is 0 Å². The van der Waals surface area contributed by atoms with Gasteiger partial charge in [-0.2, -0.15) is 5.97 Å². The zero-order valence-electron chi connectivity index (χ0n) is 42.4. The molecule has 2 aliphatic heterocycles. The van der Waals surface area contributed by atoms with Crippen molar-refractivity contribution in [3.05, 3.63) is 83.6 Å². The Balaban J connectivity index is 0.000000206. The zero-order valence-corrected chi connectivity index (χ0v) is 47.0. The molecule has 0 radical (unpaired) electrons. The number of anilines is 2. The minimum absolute atomic E-state index is 0. The number of carboxylic acid groups (broad SMARTS) is 1. The van der Waals surface area contributed by atoms with Crippen molar-refractivity contribution < 1.29 is 58.2 Å². The number of aliphatic carboxylic acids is 1. The number of piperazine rings is 2. The molecule has 2 aliphatic carbocycles. The maximum atomic E-state index is 12.2. The van der Waals surface area contributed by atoms with Crippen molar-refractivity contribution in [2.75, 3.05) is 42.6 Å². The van der Waals surface area contributed by atoms with Gasteiger partial charge in [-0.25, -0.2) is 29.9 Å². The number of carbonyl (C=O) groups is 3. The summed E-state index contributed by atoms with van der Waals surface area (Å²) in [7, 11) is -1.32. The first kappa shape index (κ1) is 59.6. The first-order valence-electron chi connectivity index (χ1n) is 23.6. The minimum atomic E-state index is -1.39. The molecule has 4 aliphatic rings. The van der Waals surface area contributed by atoms with E-state index in [0.717, 1.165) is 93.2 Å². The quantitative estimate of drug-likeness (QED) is 0.105. The Morgan fingerprint density at radius 3 is 1.74 bits per heavy atom. The number of aromatic nitrogens is 8. The van der Waals surface area contributed by atoms with Gasteiger partial charge in [0.1, 0.15) is 46.4 Å². The summed E-state index contributed by atoms with van der Waals surface area (Å²) in [5.74, 6) is 2.99. The van der Waals surface area contributed by atoms with Crippen LogP contribution in [-0.2, 0) is 23.5 Å². The summed E-state index contributed by atoms with van der Waals surface area (Å²) >= 11 is 12.3. The van der Waals surface area contributed by atoms with Gasteiger partial charge in [0, 0.05) is 83.4 Å². The van der Waals surface area contributed by atoms with E-state index >= 15 is 0 Å². The third-order valence-corrected chi connectivity index (χ3v) is 13.5. The van der Waals surface area contributed by atoms with E-state index in [1.807, 2.05) is 59.8 Å². The third kappa shape index (κ3) is 15.7. The van der Waals surface area contributed by atoms with Crippen LogP contribution in [0.5, 0.6) is 0 Å². The summed E-state index contributed by atoms with van der Waals surface area (Å²) in [6.45, 7) is 17.4. The Morgan fingerprint density at radius 1 is 0.838 bits per heavy atom. The monoisotopic (exact) mass is 1080 g/mol. The molecule has 26 heteroatoms. The average Bonchev–Trinajstić information content (AvgIpc) is 4.24. The zero-order chi connectivity index (χ0) is 53.2. The molecule has 6 N–H and O–H groups in total. The number of nitrogens with zero attached hydrogens (tertiary/aromatic N) is 12. The van der Waals surface area contributed by atoms with Gasteiger partial charge in [0.25, 0.3) is 5.97 Å². The fourth-order valence-electron chi connectivity index (χ4n) is 8.81. The first-order chi connectivity index (χ1) is 34.7. The second kappa shape index (κ2) is 26.5. The fourth-order valence-corrected chi connectivity index (χ4v) is 10.5. The number of carbonyl (C=O) groups excluding carboxylic acids is 2. The van der Waals surface area contributed by atoms with E-state index in [-0.39, 0.29) is 73.1 Å². The molecule has 10 rings (SSSR count). The van der Waals surface area contributed by atoms with Gasteiger partial charge in [0.05, 0.1) is 42.4 Å². The second-order valence-electron chi connectivity index (χ2n) is 18.5. The molecule has 4 unspecified atom stereocenters. The number of ether oxygens (including phenoxy) is 1. The van der Waals surface area contributed by atoms with Crippen molar-refractivity contribution >= 4 is 80.1 Å². The Morgan fingerprint density at radius 2 is 1.32 bits per heavy atom. The van der Waals surface area contributed by atoms with Crippen molar-refractivity contribution in [1.82, 2.24) is 48.9 Å². The molecule has 21 nitrogen and oxygen atoms in total. The molecule has 2 saturated heterocycles. The summed E-state index contributed by atoms with van der Waals surface area (Å²) < 4.78 is 15.2. The topological polar surface area (TPSA) is 274 Å². The van der Waals surface area contributed by atoms with Crippen LogP contribution in [0.25, 0.3) is 34.3 Å². The number of imidazole rings is 2. The van der Waals surface area contributed by atoms with E-state index in [4.69, 9.17) is 69.0 Å². The number of halogens is 2. The molecule has 4 atom stereocenters. The van der Waals surface area contributed by atoms with Crippen LogP contribution in [0.15, 0.2) is 73.6 Å². The Hall–Kier alpha value is -5.26. The molecule has 6 aromatic heterocycles. The Labute approximate surface area is 465 Å². The van der Waals surface area contributed by atoms with Gasteiger partial charge in [-0.1, -0.05) is 23.2 Å². The van der Waals surface area contributed by atoms with E-state index in [2.05, 4.69) is 59.6 Å². The number of nitriles is 1. The number of nitrogens with one attached hydrogen (secondary N) is 1. The molecule has 4 fully saturated rings. The number of primary amides is 2. The van der Waals surface area contributed by atoms with Crippen molar-refractivity contribution in [1.29, 1.82) is 5.26 Å². The summed E-state index contributed by atoms with van der Waals surface area (Å²) in [5, 5.41) is 19.2. The Bertz CT molecular complexity index is 2910. The summed E-state index contributed by atoms with van der Waals surface area (Å²) in [6.07, 6.45) is 15.0. The van der Waals surface area contributed by atoms with E-state index in [1.165, 1.54) is 0 Å². The summed E-state index contributed by atoms with van der Waals surface area (Å²) in [4.78, 5) is 66.4. The standard InChI is InChI=1S/C20H22ClN7O.C17H18ClN7O.C8H18O2Si.C2H4O2.CH3BN.Na/c1-12-18(19(22)29)27(14-3-4-14)9-8-26(12)17-6-7-23-20(25-17)15-10-24-16-5-2-13(21)11-28(15)16;1-10-15(16(19)26)20-6-7-24(10)14-4-5-21-17(23-14)12-8-22-13-3-2-11(18)9-25(12)13;1-5-9-8(6-7-8)10-11(2,3)4;1-2(3)4;2-1-3;/h2,5-7,10-12,14,18H,3-4,8-9H2,1H3,(H2,22,29);2-5,8-10,15,20H,6-7H2,1H3,(H2,19,26);5-7H2,1-4H3;1H3,(H,3,4);2H3;/q;;;;-1;+1. The van der Waals surface area contributed by atoms with Gasteiger partial charge in [-0.3, -0.25) is 33.3 Å². The molecule has 2 amide bonds. The first-order valence-corrected chi connectivity index (χ1v) is 27.7. The molecule has 74 heavy (non-hydrogen) atoms. The SMILES string of the molecule is CC(=O)O.CC1C(C(N)=O)N(C2CC2)CCN1c1ccnc(-c2cnc3ccc(Cl)cn23)n1.CC1C(C(N)=O)NCCN1c1ccnc(-c2cnc3ccc(Cl)cn23)n1.CCOC1(O[Si](C)(C)C)CC1.[BH3-]C#N.[Na+]. The molecule has 8 heterocycles. The minimum Gasteiger partial charge on any atom is -0.481 e. The average molecular weight is 1080 g/mol. The van der Waals surface area contributed by atoms with E-state index in [9.17, 15) is 9.59 Å². The van der Waals surface area contributed by atoms with Gasteiger partial charge in [-0.05, 0) is 89.7 Å². The van der Waals surface area contributed by atoms with Gasteiger partial charge in [0.2, 0.25) is 11.8 Å². The van der Waals surface area contributed by atoms with Gasteiger partial charge in [0.15, 0.2) is 25.8 Å². The number of fused-ring (bicyclic) bond motifs is 2. The molecule has 6 aromatic rings. The van der Waals surface area contributed by atoms with Crippen LogP contribution in [0, 0.1) is 11.2 Å². The van der Waals surface area contributed by atoms with Crippen LogP contribution in [0.2, 0.25) is 29.7 Å². The maximum absolute atomic E-state index is 12.2. The molecular formula is C48H65BCl2N15NaO6Si. The van der Waals surface area contributed by atoms with Gasteiger partial charge < -0.3 is 40.9 Å². The molecule has 2 saturated carbocycles. The predicted octanol–water partition coefficient (Wildman–Crippen LogP) is 1.36. The molecule has 0 spiro atoms. The molecule has 0 bridgehead atoms. The number of hydrogen-bond donors (Lipinski definition) is 4. The van der Waals surface area contributed by atoms with Crippen LogP contribution < -0.4 is 56.1 Å². The van der Waals surface area contributed by atoms with Gasteiger partial charge in [-0.15, -0.1) is 0 Å². The number of nitrogens with two attached hydrogens (primary N) is 2. The number of carboxylic acids is 1. The second-order valence-corrected chi connectivity index (χ2v) is 23.8. The van der Waals surface area contributed by atoms with Crippen LogP contribution in [0.1, 0.15) is 53.4 Å². The van der Waals surface area contributed by atoms with E-state index in [1.54, 1.807) is 49.3 Å². The Kier molecular flexibility index (Phi) is 21.3. The van der Waals surface area contributed by atoms with Crippen molar-refractivity contribution in [2.24, 2.45) is 11.5 Å². The van der Waals surface area contributed by atoms with E-state index < -0.39 is 20.3 Å². The number of amides is 2. The van der Waals surface area contributed by atoms with Crippen LogP contribution in [0.4, 0.5) is 11.6 Å². The van der Waals surface area contributed by atoms with Crippen LogP contribution >= 0.6 is 23.2 Å². The van der Waals surface area contributed by atoms with Crippen LogP contribution in [-0.4, -0.2) is 151 Å². The third-order valence-electron chi connectivity index (χ3n) is 12.0. The largest absolute Gasteiger partial charge is 1.00 e. The van der Waals surface area contributed by atoms with E-state index in [0.29, 0.717) is 34.3 Å². The normalized spacial score (nSPS) is 19.9. The number of pyridine rings is 2. The number of rotatable bonds is 11. The fraction of sp³-hybridized carbons (Fsp3) is 0.458. The van der Waals surface area contributed by atoms with Gasteiger partial charge >= 0.3 is 29.6 Å². The number of hydrogen-bond acceptors (Lipinski definition) is 16. The summed E-state index contributed by atoms with van der Waals surface area (Å²) in [5.41, 5.74) is 14.3. The summed E-state index contributed by atoms with van der Waals surface area (Å²) in [6, 6.07) is 10.6.